The van der Waals surface area contributed by atoms with E-state index in [1.54, 1.807) is 17.8 Å². The molecule has 0 aromatic heterocycles. The average Bonchev–Trinajstić information content (AvgIpc) is 2.61. The van der Waals surface area contributed by atoms with Gasteiger partial charge in [-0.05, 0) is 29.0 Å². The normalized spacial score (nSPS) is 22.2. The van der Waals surface area contributed by atoms with Gasteiger partial charge in [-0.15, -0.1) is 0 Å². The average molecular weight is 372 g/mol. The Hall–Kier alpha value is -2.31. The van der Waals surface area contributed by atoms with Gasteiger partial charge >= 0.3 is 11.9 Å². The zero-order chi connectivity index (χ0) is 18.5. The molecule has 5 nitrogen and oxygen atoms in total. The number of thioether (sulfide) groups is 1. The van der Waals surface area contributed by atoms with Crippen molar-refractivity contribution in [3.05, 3.63) is 54.6 Å². The van der Waals surface area contributed by atoms with Crippen LogP contribution in [0.5, 0.6) is 0 Å². The Balaban J connectivity index is 1.77. The van der Waals surface area contributed by atoms with E-state index in [0.29, 0.717) is 0 Å². The Morgan fingerprint density at radius 1 is 1.04 bits per heavy atom. The highest BCUT2D eigenvalue weighted by atomic mass is 32.2. The second kappa shape index (κ2) is 8.38. The standard InChI is InChI=1S/C20H20O5S/c1-13(21)23-12-18-17(24-14(2)22)10-11-20(25-18)26-19-9-5-7-15-6-3-4-8-16(15)19/h3-11,17-18,20H,12H2,1-2H3/t17-,18+,20+/m0/s1. The quantitative estimate of drug-likeness (QED) is 0.589. The van der Waals surface area contributed by atoms with Crippen molar-refractivity contribution < 1.29 is 23.8 Å². The third-order valence-electron chi connectivity index (χ3n) is 3.88. The van der Waals surface area contributed by atoms with Crippen LogP contribution in [0.4, 0.5) is 0 Å². The van der Waals surface area contributed by atoms with Gasteiger partial charge in [-0.25, -0.2) is 0 Å². The highest BCUT2D eigenvalue weighted by Gasteiger charge is 2.31. The van der Waals surface area contributed by atoms with Crippen LogP contribution in [-0.2, 0) is 23.8 Å². The van der Waals surface area contributed by atoms with Crippen molar-refractivity contribution in [3.63, 3.8) is 0 Å². The van der Waals surface area contributed by atoms with Gasteiger partial charge in [0.25, 0.3) is 0 Å². The van der Waals surface area contributed by atoms with Gasteiger partial charge in [-0.1, -0.05) is 48.2 Å². The van der Waals surface area contributed by atoms with Crippen LogP contribution in [0.25, 0.3) is 10.8 Å². The van der Waals surface area contributed by atoms with Gasteiger partial charge in [0.2, 0.25) is 0 Å². The van der Waals surface area contributed by atoms with E-state index in [0.717, 1.165) is 15.7 Å². The van der Waals surface area contributed by atoms with Crippen LogP contribution in [-0.4, -0.2) is 36.2 Å². The highest BCUT2D eigenvalue weighted by molar-refractivity contribution is 8.00. The zero-order valence-corrected chi connectivity index (χ0v) is 15.4. The molecule has 1 aliphatic heterocycles. The number of rotatable bonds is 5. The molecule has 26 heavy (non-hydrogen) atoms. The lowest BCUT2D eigenvalue weighted by Crippen LogP contribution is -2.40. The summed E-state index contributed by atoms with van der Waals surface area (Å²) in [7, 11) is 0. The summed E-state index contributed by atoms with van der Waals surface area (Å²) in [6.07, 6.45) is 2.54. The molecule has 3 rings (SSSR count). The lowest BCUT2D eigenvalue weighted by atomic mass is 10.1. The first-order valence-corrected chi connectivity index (χ1v) is 9.19. The molecule has 2 aromatic carbocycles. The summed E-state index contributed by atoms with van der Waals surface area (Å²) in [6.45, 7) is 2.71. The SMILES string of the molecule is CC(=O)OC[C@H]1O[C@H](Sc2cccc3ccccc23)C=C[C@@H]1OC(C)=O. The molecular weight excluding hydrogens is 352 g/mol. The Morgan fingerprint density at radius 2 is 1.81 bits per heavy atom. The Kier molecular flexibility index (Phi) is 5.96. The second-order valence-electron chi connectivity index (χ2n) is 5.90. The summed E-state index contributed by atoms with van der Waals surface area (Å²) >= 11 is 1.56. The Morgan fingerprint density at radius 3 is 2.58 bits per heavy atom. The van der Waals surface area contributed by atoms with Gasteiger partial charge in [0.15, 0.2) is 0 Å². The van der Waals surface area contributed by atoms with Gasteiger partial charge in [-0.2, -0.15) is 0 Å². The lowest BCUT2D eigenvalue weighted by Gasteiger charge is -2.31. The topological polar surface area (TPSA) is 61.8 Å². The molecule has 1 heterocycles. The van der Waals surface area contributed by atoms with E-state index >= 15 is 0 Å². The fraction of sp³-hybridized carbons (Fsp3) is 0.300. The maximum absolute atomic E-state index is 11.3. The predicted octanol–water partition coefficient (Wildman–Crippen LogP) is 3.71. The number of esters is 2. The van der Waals surface area contributed by atoms with E-state index in [-0.39, 0.29) is 12.0 Å². The van der Waals surface area contributed by atoms with Crippen molar-refractivity contribution in [2.75, 3.05) is 6.61 Å². The summed E-state index contributed by atoms with van der Waals surface area (Å²) in [4.78, 5) is 23.5. The minimum atomic E-state index is -0.573. The van der Waals surface area contributed by atoms with Crippen LogP contribution < -0.4 is 0 Å². The molecule has 2 aromatic rings. The van der Waals surface area contributed by atoms with Crippen molar-refractivity contribution in [2.24, 2.45) is 0 Å². The molecule has 0 saturated carbocycles. The first-order valence-electron chi connectivity index (χ1n) is 8.32. The molecular formula is C20H20O5S. The van der Waals surface area contributed by atoms with E-state index in [1.807, 2.05) is 30.3 Å². The molecule has 1 aliphatic rings. The monoisotopic (exact) mass is 372 g/mol. The number of carbonyl (C=O) groups excluding carboxylic acids is 2. The number of ether oxygens (including phenoxy) is 3. The molecule has 136 valence electrons. The van der Waals surface area contributed by atoms with Gasteiger partial charge in [0, 0.05) is 18.7 Å². The van der Waals surface area contributed by atoms with E-state index in [4.69, 9.17) is 14.2 Å². The molecule has 0 N–H and O–H groups in total. The van der Waals surface area contributed by atoms with Crippen LogP contribution in [0.1, 0.15) is 13.8 Å². The summed E-state index contributed by atoms with van der Waals surface area (Å²) < 4.78 is 16.3. The second-order valence-corrected chi connectivity index (χ2v) is 7.04. The predicted molar refractivity (Wildman–Crippen MR) is 99.8 cm³/mol. The molecule has 0 saturated heterocycles. The third-order valence-corrected chi connectivity index (χ3v) is 4.99. The molecule has 0 amide bonds. The Labute approximate surface area is 156 Å². The molecule has 0 radical (unpaired) electrons. The zero-order valence-electron chi connectivity index (χ0n) is 14.6. The molecule has 0 spiro atoms. The van der Waals surface area contributed by atoms with E-state index in [1.165, 1.54) is 13.8 Å². The fourth-order valence-corrected chi connectivity index (χ4v) is 3.84. The van der Waals surface area contributed by atoms with Crippen LogP contribution in [0.15, 0.2) is 59.5 Å². The molecule has 0 fully saturated rings. The molecule has 0 aliphatic carbocycles. The number of hydrogen-bond donors (Lipinski definition) is 0. The largest absolute Gasteiger partial charge is 0.463 e. The molecule has 0 unspecified atom stereocenters. The maximum atomic E-state index is 11.3. The number of benzene rings is 2. The van der Waals surface area contributed by atoms with Crippen LogP contribution >= 0.6 is 11.8 Å². The minimum Gasteiger partial charge on any atom is -0.463 e. The highest BCUT2D eigenvalue weighted by Crippen LogP contribution is 2.34. The van der Waals surface area contributed by atoms with Gasteiger partial charge in [-0.3, -0.25) is 9.59 Å². The first kappa shape index (κ1) is 18.5. The number of carbonyl (C=O) groups is 2. The smallest absolute Gasteiger partial charge is 0.303 e. The number of hydrogen-bond acceptors (Lipinski definition) is 6. The van der Waals surface area contributed by atoms with Gasteiger partial charge in [0.05, 0.1) is 0 Å². The van der Waals surface area contributed by atoms with E-state index in [9.17, 15) is 9.59 Å². The summed E-state index contributed by atoms with van der Waals surface area (Å²) in [5.74, 6) is -0.806. The van der Waals surface area contributed by atoms with Crippen LogP contribution in [0.3, 0.4) is 0 Å². The summed E-state index contributed by atoms with van der Waals surface area (Å²) in [5, 5.41) is 2.31. The molecule has 3 atom stereocenters. The van der Waals surface area contributed by atoms with Crippen LogP contribution in [0.2, 0.25) is 0 Å². The Bertz CT molecular complexity index is 827. The van der Waals surface area contributed by atoms with E-state index < -0.39 is 24.1 Å². The molecule has 0 bridgehead atoms. The minimum absolute atomic E-state index is 0.0320. The van der Waals surface area contributed by atoms with Crippen molar-refractivity contribution in [2.45, 2.75) is 36.4 Å². The molecule has 6 heteroatoms. The maximum Gasteiger partial charge on any atom is 0.303 e. The van der Waals surface area contributed by atoms with Crippen LogP contribution in [0, 0.1) is 0 Å². The lowest BCUT2D eigenvalue weighted by molar-refractivity contribution is -0.160. The van der Waals surface area contributed by atoms with Crippen molar-refractivity contribution in [3.8, 4) is 0 Å². The van der Waals surface area contributed by atoms with Crippen molar-refractivity contribution >= 4 is 34.5 Å². The van der Waals surface area contributed by atoms with Gasteiger partial charge in [0.1, 0.15) is 24.3 Å². The van der Waals surface area contributed by atoms with Gasteiger partial charge < -0.3 is 14.2 Å². The number of fused-ring (bicyclic) bond motifs is 1. The third kappa shape index (κ3) is 4.65. The first-order chi connectivity index (χ1) is 12.5. The van der Waals surface area contributed by atoms with Crippen molar-refractivity contribution in [1.82, 2.24) is 0 Å². The fourth-order valence-electron chi connectivity index (χ4n) is 2.75. The summed E-state index contributed by atoms with van der Waals surface area (Å²) in [6, 6.07) is 14.3. The summed E-state index contributed by atoms with van der Waals surface area (Å²) in [5.41, 5.74) is -0.270. The van der Waals surface area contributed by atoms with Crippen molar-refractivity contribution in [1.29, 1.82) is 0 Å². The van der Waals surface area contributed by atoms with E-state index in [2.05, 4.69) is 18.2 Å².